The number of phosphoric ester groups is 1. The molecule has 0 aliphatic carbocycles. The highest BCUT2D eigenvalue weighted by Crippen LogP contribution is 2.43. The normalized spacial score (nSPS) is 13.8. The molecule has 0 heterocycles. The lowest BCUT2D eigenvalue weighted by atomic mass is 10.0. The fraction of sp³-hybridized carbons (Fsp3) is 0.891. The third kappa shape index (κ3) is 50.3. The maximum atomic E-state index is 12.7. The summed E-state index contributed by atoms with van der Waals surface area (Å²) in [6, 6.07) is -1.47. The van der Waals surface area contributed by atoms with Crippen LogP contribution in [-0.2, 0) is 32.7 Å². The maximum absolute atomic E-state index is 12.7. The molecule has 66 heavy (non-hydrogen) atoms. The average Bonchev–Trinajstić information content (AvgIpc) is 3.30. The summed E-state index contributed by atoms with van der Waals surface area (Å²) < 4.78 is 33.6. The molecule has 3 unspecified atom stereocenters. The predicted molar refractivity (Wildman–Crippen MR) is 277 cm³/mol. The summed E-state index contributed by atoms with van der Waals surface area (Å²) in [4.78, 5) is 33.8. The molecule has 4 N–H and O–H groups in total. The molecular formula is C55H106NO9P. The van der Waals surface area contributed by atoms with Gasteiger partial charge in [0.25, 0.3) is 0 Å². The minimum absolute atomic E-state index is 0.0217. The Balaban J connectivity index is 4.06. The zero-order valence-corrected chi connectivity index (χ0v) is 44.0. The van der Waals surface area contributed by atoms with E-state index in [9.17, 15) is 19.0 Å². The zero-order chi connectivity index (χ0) is 48.3. The first kappa shape index (κ1) is 64.5. The van der Waals surface area contributed by atoms with Crippen molar-refractivity contribution >= 4 is 19.8 Å². The lowest BCUT2D eigenvalue weighted by Gasteiger charge is -2.20. The molecule has 0 saturated heterocycles. The number of rotatable bonds is 54. The van der Waals surface area contributed by atoms with Gasteiger partial charge >= 0.3 is 19.8 Å². The van der Waals surface area contributed by atoms with Gasteiger partial charge in [-0.15, -0.1) is 0 Å². The lowest BCUT2D eigenvalue weighted by molar-refractivity contribution is -0.154. The largest absolute Gasteiger partial charge is 0.480 e. The van der Waals surface area contributed by atoms with E-state index >= 15 is 0 Å². The van der Waals surface area contributed by atoms with Crippen LogP contribution in [0.25, 0.3) is 0 Å². The van der Waals surface area contributed by atoms with Crippen molar-refractivity contribution in [3.63, 3.8) is 0 Å². The van der Waals surface area contributed by atoms with Crippen molar-refractivity contribution < 1.29 is 42.7 Å². The Bertz CT molecular complexity index is 1150. The fourth-order valence-electron chi connectivity index (χ4n) is 8.17. The molecule has 0 spiro atoms. The number of carbonyl (C=O) groups excluding carboxylic acids is 1. The van der Waals surface area contributed by atoms with Crippen LogP contribution in [0.1, 0.15) is 277 Å². The number of ether oxygens (including phenoxy) is 2. The van der Waals surface area contributed by atoms with Crippen LogP contribution in [0.5, 0.6) is 0 Å². The Kier molecular flexibility index (Phi) is 50.1. The van der Waals surface area contributed by atoms with Gasteiger partial charge in [-0.05, 0) is 44.9 Å². The van der Waals surface area contributed by atoms with Gasteiger partial charge in [0.15, 0.2) is 0 Å². The van der Waals surface area contributed by atoms with E-state index in [1.54, 1.807) is 0 Å². The van der Waals surface area contributed by atoms with Crippen LogP contribution < -0.4 is 5.73 Å². The Hall–Kier alpha value is -1.55. The van der Waals surface area contributed by atoms with E-state index in [0.29, 0.717) is 13.0 Å². The van der Waals surface area contributed by atoms with Gasteiger partial charge in [0.2, 0.25) is 0 Å². The van der Waals surface area contributed by atoms with Crippen LogP contribution in [0.15, 0.2) is 24.3 Å². The van der Waals surface area contributed by atoms with Gasteiger partial charge in [-0.25, -0.2) is 4.57 Å². The minimum Gasteiger partial charge on any atom is -0.480 e. The zero-order valence-electron chi connectivity index (χ0n) is 43.1. The monoisotopic (exact) mass is 956 g/mol. The molecule has 0 aromatic rings. The molecular weight excluding hydrogens is 850 g/mol. The molecule has 0 rings (SSSR count). The summed E-state index contributed by atoms with van der Waals surface area (Å²) in [6.45, 7) is 3.94. The predicted octanol–water partition coefficient (Wildman–Crippen LogP) is 16.6. The summed E-state index contributed by atoms with van der Waals surface area (Å²) in [7, 11) is -4.62. The van der Waals surface area contributed by atoms with Gasteiger partial charge in [-0.3, -0.25) is 18.6 Å². The van der Waals surface area contributed by atoms with Crippen LogP contribution in [-0.4, -0.2) is 60.5 Å². The topological polar surface area (TPSA) is 155 Å². The highest BCUT2D eigenvalue weighted by atomic mass is 31.2. The first-order valence-electron chi connectivity index (χ1n) is 27.9. The van der Waals surface area contributed by atoms with Gasteiger partial charge in [-0.2, -0.15) is 0 Å². The molecule has 0 aliphatic rings. The Morgan fingerprint density at radius 2 is 0.833 bits per heavy atom. The van der Waals surface area contributed by atoms with Crippen molar-refractivity contribution in [3.8, 4) is 0 Å². The number of unbranched alkanes of at least 4 members (excludes halogenated alkanes) is 36. The van der Waals surface area contributed by atoms with Crippen molar-refractivity contribution in [2.75, 3.05) is 26.4 Å². The third-order valence-corrected chi connectivity index (χ3v) is 13.4. The molecule has 0 aliphatic heterocycles. The number of allylic oxidation sites excluding steroid dienone is 4. The number of carboxylic acid groups (broad SMARTS) is 1. The van der Waals surface area contributed by atoms with Crippen molar-refractivity contribution in [1.82, 2.24) is 0 Å². The van der Waals surface area contributed by atoms with E-state index < -0.39 is 45.1 Å². The number of esters is 1. The summed E-state index contributed by atoms with van der Waals surface area (Å²) in [5.74, 6) is -1.77. The van der Waals surface area contributed by atoms with Crippen LogP contribution in [0.4, 0.5) is 0 Å². The molecule has 0 radical (unpaired) electrons. The maximum Gasteiger partial charge on any atom is 0.472 e. The summed E-state index contributed by atoms with van der Waals surface area (Å²) in [5, 5.41) is 8.94. The van der Waals surface area contributed by atoms with Gasteiger partial charge in [0, 0.05) is 13.0 Å². The van der Waals surface area contributed by atoms with Gasteiger partial charge < -0.3 is 25.2 Å². The first-order chi connectivity index (χ1) is 32.2. The minimum atomic E-state index is -4.62. The van der Waals surface area contributed by atoms with Crippen molar-refractivity contribution in [1.29, 1.82) is 0 Å². The van der Waals surface area contributed by atoms with Gasteiger partial charge in [0.05, 0.1) is 19.8 Å². The summed E-state index contributed by atoms with van der Waals surface area (Å²) >= 11 is 0. The van der Waals surface area contributed by atoms with Gasteiger partial charge in [0.1, 0.15) is 12.1 Å². The number of hydrogen-bond acceptors (Lipinski definition) is 8. The first-order valence-corrected chi connectivity index (χ1v) is 29.4. The standard InChI is InChI=1S/C55H106NO9P/c1-3-5-7-9-11-13-15-17-19-21-23-25-26-27-29-31-33-35-37-39-41-43-45-47-54(57)65-52(50-63-66(60,61)64-51-53(56)55(58)59)49-62-48-46-44-42-40-38-36-34-32-30-28-24-22-20-18-16-14-12-10-8-6-4-2/h15,17,21,23,52-53H,3-14,16,18-20,22,24-51,56H2,1-2H3,(H,58,59)(H,60,61)/b17-15-,23-21-. The van der Waals surface area contributed by atoms with Crippen molar-refractivity contribution in [3.05, 3.63) is 24.3 Å². The lowest BCUT2D eigenvalue weighted by Crippen LogP contribution is -2.34. The molecule has 10 nitrogen and oxygen atoms in total. The fourth-order valence-corrected chi connectivity index (χ4v) is 8.95. The average molecular weight is 956 g/mol. The van der Waals surface area contributed by atoms with Crippen molar-refractivity contribution in [2.45, 2.75) is 289 Å². The second kappa shape index (κ2) is 51.3. The van der Waals surface area contributed by atoms with Crippen LogP contribution >= 0.6 is 7.82 Å². The van der Waals surface area contributed by atoms with E-state index in [2.05, 4.69) is 38.2 Å². The number of carbonyl (C=O) groups is 2. The molecule has 0 aromatic heterocycles. The van der Waals surface area contributed by atoms with Gasteiger partial charge in [-0.1, -0.05) is 250 Å². The summed E-state index contributed by atoms with van der Waals surface area (Å²) in [5.41, 5.74) is 5.39. The van der Waals surface area contributed by atoms with E-state index in [1.165, 1.54) is 205 Å². The number of hydrogen-bond donors (Lipinski definition) is 3. The quantitative estimate of drug-likeness (QED) is 0.0232. The Morgan fingerprint density at radius 1 is 0.485 bits per heavy atom. The van der Waals surface area contributed by atoms with Crippen molar-refractivity contribution in [2.24, 2.45) is 5.73 Å². The van der Waals surface area contributed by atoms with E-state index in [1.807, 2.05) is 0 Å². The van der Waals surface area contributed by atoms with E-state index in [0.717, 1.165) is 44.9 Å². The molecule has 3 atom stereocenters. The molecule has 0 bridgehead atoms. The molecule has 390 valence electrons. The molecule has 0 saturated carbocycles. The van der Waals surface area contributed by atoms with Crippen LogP contribution in [0, 0.1) is 0 Å². The van der Waals surface area contributed by atoms with Crippen LogP contribution in [0.2, 0.25) is 0 Å². The molecule has 0 amide bonds. The SMILES string of the molecule is CCCCCCC/C=C\C/C=C\CCCCCCCCCCCCCC(=O)OC(COCCCCCCCCCCCCCCCCCCCCCCC)COP(=O)(O)OCC(N)C(=O)O. The second-order valence-electron chi connectivity index (χ2n) is 19.1. The second-order valence-corrected chi connectivity index (χ2v) is 20.5. The number of phosphoric acid groups is 1. The van der Waals surface area contributed by atoms with E-state index in [4.69, 9.17) is 29.4 Å². The Labute approximate surface area is 406 Å². The Morgan fingerprint density at radius 3 is 1.23 bits per heavy atom. The smallest absolute Gasteiger partial charge is 0.472 e. The molecule has 11 heteroatoms. The number of nitrogens with two attached hydrogens (primary N) is 1. The third-order valence-electron chi connectivity index (χ3n) is 12.5. The highest BCUT2D eigenvalue weighted by molar-refractivity contribution is 7.47. The van der Waals surface area contributed by atoms with Crippen LogP contribution in [0.3, 0.4) is 0 Å². The molecule has 0 aromatic carbocycles. The highest BCUT2D eigenvalue weighted by Gasteiger charge is 2.27. The van der Waals surface area contributed by atoms with E-state index in [-0.39, 0.29) is 13.0 Å². The molecule has 0 fully saturated rings. The number of carboxylic acids is 1. The number of aliphatic carboxylic acids is 1. The summed E-state index contributed by atoms with van der Waals surface area (Å²) in [6.07, 6.45) is 59.5.